The van der Waals surface area contributed by atoms with Crippen LogP contribution in [0.1, 0.15) is 39.0 Å². The molecule has 1 heterocycles. The molecule has 0 aromatic rings. The minimum atomic E-state index is -0.780. The van der Waals surface area contributed by atoms with E-state index in [2.05, 4.69) is 0 Å². The minimum Gasteiger partial charge on any atom is -0.480 e. The summed E-state index contributed by atoms with van der Waals surface area (Å²) < 4.78 is 0. The summed E-state index contributed by atoms with van der Waals surface area (Å²) in [5.74, 6) is -1.22. The average Bonchev–Trinajstić information content (AvgIpc) is 2.81. The summed E-state index contributed by atoms with van der Waals surface area (Å²) in [7, 11) is 0. The molecule has 0 aromatic heterocycles. The number of carboxylic acid groups (broad SMARTS) is 1. The van der Waals surface area contributed by atoms with Crippen molar-refractivity contribution in [1.82, 2.24) is 4.90 Å². The van der Waals surface area contributed by atoms with Crippen LogP contribution in [0.5, 0.6) is 0 Å². The molecule has 0 spiro atoms. The third kappa shape index (κ3) is 2.46. The van der Waals surface area contributed by atoms with Gasteiger partial charge in [-0.15, -0.1) is 0 Å². The molecule has 0 radical (unpaired) electrons. The van der Waals surface area contributed by atoms with E-state index in [0.29, 0.717) is 19.3 Å². The predicted molar refractivity (Wildman–Crippen MR) is 64.2 cm³/mol. The van der Waals surface area contributed by atoms with Crippen molar-refractivity contribution in [3.63, 3.8) is 0 Å². The zero-order valence-electron chi connectivity index (χ0n) is 10.6. The van der Waals surface area contributed by atoms with Crippen LogP contribution < -0.4 is 0 Å². The zero-order valence-corrected chi connectivity index (χ0v) is 10.6. The maximum absolute atomic E-state index is 11.5. The molecule has 0 amide bonds. The van der Waals surface area contributed by atoms with Gasteiger partial charge in [-0.3, -0.25) is 19.3 Å². The number of nitrogens with zero attached hydrogens (tertiary/aromatic N) is 1. The highest BCUT2D eigenvalue weighted by atomic mass is 16.4. The Kier molecular flexibility index (Phi) is 3.80. The van der Waals surface area contributed by atoms with E-state index in [1.807, 2.05) is 11.8 Å². The zero-order chi connectivity index (χ0) is 13.3. The molecule has 1 aliphatic carbocycles. The first kappa shape index (κ1) is 13.2. The monoisotopic (exact) mass is 253 g/mol. The Morgan fingerprint density at radius 2 is 2.06 bits per heavy atom. The summed E-state index contributed by atoms with van der Waals surface area (Å²) in [5, 5.41) is 9.16. The maximum atomic E-state index is 11.5. The topological polar surface area (TPSA) is 74.7 Å². The lowest BCUT2D eigenvalue weighted by Crippen LogP contribution is -2.47. The second-order valence-electron chi connectivity index (χ2n) is 5.32. The molecular formula is C13H19NO4. The summed E-state index contributed by atoms with van der Waals surface area (Å²) in [6.07, 6.45) is 2.87. The van der Waals surface area contributed by atoms with Gasteiger partial charge in [0.25, 0.3) is 0 Å². The van der Waals surface area contributed by atoms with Crippen LogP contribution in [0, 0.1) is 5.92 Å². The lowest BCUT2D eigenvalue weighted by Gasteiger charge is -2.35. The van der Waals surface area contributed by atoms with Crippen molar-refractivity contribution in [3.8, 4) is 0 Å². The van der Waals surface area contributed by atoms with E-state index in [1.54, 1.807) is 0 Å². The second kappa shape index (κ2) is 5.18. The van der Waals surface area contributed by atoms with Crippen molar-refractivity contribution in [2.24, 2.45) is 5.92 Å². The quantitative estimate of drug-likeness (QED) is 0.755. The number of ketones is 2. The summed E-state index contributed by atoms with van der Waals surface area (Å²) in [6, 6.07) is -0.363. The number of carbonyl (C=O) groups excluding carboxylic acids is 2. The lowest BCUT2D eigenvalue weighted by molar-refractivity contribution is -0.144. The molecule has 2 rings (SSSR count). The first-order valence-electron chi connectivity index (χ1n) is 6.55. The third-order valence-electron chi connectivity index (χ3n) is 4.29. The highest BCUT2D eigenvalue weighted by molar-refractivity contribution is 6.37. The van der Waals surface area contributed by atoms with Gasteiger partial charge in [0.15, 0.2) is 11.6 Å². The van der Waals surface area contributed by atoms with E-state index in [0.717, 1.165) is 13.0 Å². The number of hydrogen-bond acceptors (Lipinski definition) is 4. The molecule has 1 N–H and O–H groups in total. The van der Waals surface area contributed by atoms with Gasteiger partial charge in [0.1, 0.15) is 6.04 Å². The number of likely N-dealkylation sites (tertiary alicyclic amines) is 1. The first-order chi connectivity index (χ1) is 8.50. The van der Waals surface area contributed by atoms with Crippen LogP contribution in [-0.2, 0) is 14.4 Å². The molecule has 1 saturated carbocycles. The number of hydrogen-bond donors (Lipinski definition) is 1. The molecule has 2 fully saturated rings. The average molecular weight is 253 g/mol. The van der Waals surface area contributed by atoms with E-state index in [9.17, 15) is 14.4 Å². The second-order valence-corrected chi connectivity index (χ2v) is 5.32. The lowest BCUT2D eigenvalue weighted by atomic mass is 9.82. The Morgan fingerprint density at radius 1 is 1.33 bits per heavy atom. The molecule has 0 aromatic carbocycles. The molecule has 3 atom stereocenters. The van der Waals surface area contributed by atoms with Gasteiger partial charge in [0.05, 0.1) is 0 Å². The van der Waals surface area contributed by atoms with E-state index in [1.165, 1.54) is 0 Å². The molecule has 0 bridgehead atoms. The Balaban J connectivity index is 2.02. The summed E-state index contributed by atoms with van der Waals surface area (Å²) >= 11 is 0. The van der Waals surface area contributed by atoms with Gasteiger partial charge in [0.2, 0.25) is 0 Å². The summed E-state index contributed by atoms with van der Waals surface area (Å²) in [6.45, 7) is 2.76. The van der Waals surface area contributed by atoms with Gasteiger partial charge in [-0.05, 0) is 38.6 Å². The Morgan fingerprint density at radius 3 is 2.67 bits per heavy atom. The van der Waals surface area contributed by atoms with E-state index in [-0.39, 0.29) is 29.9 Å². The molecular weight excluding hydrogens is 234 g/mol. The van der Waals surface area contributed by atoms with Crippen LogP contribution in [0.25, 0.3) is 0 Å². The molecule has 2 aliphatic rings. The van der Waals surface area contributed by atoms with Gasteiger partial charge in [-0.1, -0.05) is 0 Å². The fourth-order valence-corrected chi connectivity index (χ4v) is 3.13. The van der Waals surface area contributed by atoms with Crippen molar-refractivity contribution in [2.75, 3.05) is 6.54 Å². The van der Waals surface area contributed by atoms with Crippen molar-refractivity contribution in [3.05, 3.63) is 0 Å². The van der Waals surface area contributed by atoms with Crippen LogP contribution in [-0.4, -0.2) is 46.2 Å². The minimum absolute atomic E-state index is 0.0608. The van der Waals surface area contributed by atoms with Gasteiger partial charge in [-0.2, -0.15) is 0 Å². The molecule has 100 valence electrons. The highest BCUT2D eigenvalue weighted by Gasteiger charge is 2.39. The van der Waals surface area contributed by atoms with Crippen LogP contribution in [0.3, 0.4) is 0 Å². The highest BCUT2D eigenvalue weighted by Crippen LogP contribution is 2.30. The molecule has 18 heavy (non-hydrogen) atoms. The van der Waals surface area contributed by atoms with Crippen molar-refractivity contribution >= 4 is 17.5 Å². The summed E-state index contributed by atoms with van der Waals surface area (Å²) in [5.41, 5.74) is 0. The molecule has 5 nitrogen and oxygen atoms in total. The predicted octanol–water partition coefficient (Wildman–Crippen LogP) is 0.862. The normalized spacial score (nSPS) is 31.6. The van der Waals surface area contributed by atoms with Crippen LogP contribution >= 0.6 is 0 Å². The number of Topliss-reactive ketones (excluding diaryl/α,β-unsaturated/α-hetero) is 2. The molecule has 1 saturated heterocycles. The van der Waals surface area contributed by atoms with E-state index >= 15 is 0 Å². The fourth-order valence-electron chi connectivity index (χ4n) is 3.13. The number of rotatable bonds is 3. The number of carboxylic acids is 1. The molecule has 1 aliphatic heterocycles. The largest absolute Gasteiger partial charge is 0.480 e. The fraction of sp³-hybridized carbons (Fsp3) is 0.769. The van der Waals surface area contributed by atoms with Crippen LogP contribution in [0.4, 0.5) is 0 Å². The Labute approximate surface area is 106 Å². The van der Waals surface area contributed by atoms with Crippen LogP contribution in [0.2, 0.25) is 0 Å². The SMILES string of the molecule is CC(C1CCC(=O)C(=O)C1)N1CCCC1C(=O)O. The third-order valence-corrected chi connectivity index (χ3v) is 4.29. The van der Waals surface area contributed by atoms with Gasteiger partial charge in [0, 0.05) is 18.9 Å². The molecule has 5 heteroatoms. The van der Waals surface area contributed by atoms with E-state index in [4.69, 9.17) is 5.11 Å². The standard InChI is InChI=1S/C13H19NO4/c1-8(9-4-5-11(15)12(16)7-9)14-6-2-3-10(14)13(17)18/h8-10H,2-7H2,1H3,(H,17,18). The van der Waals surface area contributed by atoms with Gasteiger partial charge >= 0.3 is 5.97 Å². The maximum Gasteiger partial charge on any atom is 0.320 e. The van der Waals surface area contributed by atoms with E-state index < -0.39 is 12.0 Å². The summed E-state index contributed by atoms with van der Waals surface area (Å²) in [4.78, 5) is 35.8. The van der Waals surface area contributed by atoms with Crippen molar-refractivity contribution < 1.29 is 19.5 Å². The molecule has 3 unspecified atom stereocenters. The van der Waals surface area contributed by atoms with Crippen molar-refractivity contribution in [1.29, 1.82) is 0 Å². The number of carbonyl (C=O) groups is 3. The Bertz CT molecular complexity index is 379. The smallest absolute Gasteiger partial charge is 0.320 e. The first-order valence-corrected chi connectivity index (χ1v) is 6.55. The van der Waals surface area contributed by atoms with Gasteiger partial charge in [-0.25, -0.2) is 0 Å². The van der Waals surface area contributed by atoms with Gasteiger partial charge < -0.3 is 5.11 Å². The van der Waals surface area contributed by atoms with Crippen LogP contribution in [0.15, 0.2) is 0 Å². The Hall–Kier alpha value is -1.23. The number of aliphatic carboxylic acids is 1. The van der Waals surface area contributed by atoms with Crippen molar-refractivity contribution in [2.45, 2.75) is 51.1 Å².